The van der Waals surface area contributed by atoms with Crippen molar-refractivity contribution in [3.05, 3.63) is 53.2 Å². The van der Waals surface area contributed by atoms with Crippen molar-refractivity contribution in [3.8, 4) is 11.6 Å². The van der Waals surface area contributed by atoms with Crippen molar-refractivity contribution < 1.29 is 14.3 Å². The lowest BCUT2D eigenvalue weighted by molar-refractivity contribution is 0.177. The van der Waals surface area contributed by atoms with Crippen LogP contribution in [0, 0.1) is 0 Å². The minimum atomic E-state index is -0.355. The highest BCUT2D eigenvalue weighted by Gasteiger charge is 2.21. The minimum Gasteiger partial charge on any atom is -0.447 e. The molecule has 1 unspecified atom stereocenters. The molecule has 1 saturated heterocycles. The molecule has 1 N–H and O–H groups in total. The van der Waals surface area contributed by atoms with E-state index in [9.17, 15) is 4.79 Å². The Morgan fingerprint density at radius 2 is 2.10 bits per heavy atom. The molecule has 0 aliphatic carbocycles. The highest BCUT2D eigenvalue weighted by molar-refractivity contribution is 6.29. The standard InChI is InChI=1S/C15H13ClN2O3/c16-13-2-1-3-14(18-13)21-12-6-4-10(5-7-12)8-11-9-20-15(19)17-11/h1-7,11H,8-9H2,(H,17,19). The van der Waals surface area contributed by atoms with Gasteiger partial charge in [0, 0.05) is 6.07 Å². The topological polar surface area (TPSA) is 60.5 Å². The fraction of sp³-hybridized carbons (Fsp3) is 0.200. The molecule has 2 heterocycles. The molecule has 1 fully saturated rings. The van der Waals surface area contributed by atoms with Gasteiger partial charge in [0.05, 0.1) is 6.04 Å². The molecule has 3 rings (SSSR count). The highest BCUT2D eigenvalue weighted by atomic mass is 35.5. The predicted molar refractivity (Wildman–Crippen MR) is 77.7 cm³/mol. The summed E-state index contributed by atoms with van der Waals surface area (Å²) in [7, 11) is 0. The predicted octanol–water partition coefficient (Wildman–Crippen LogP) is 3.18. The summed E-state index contributed by atoms with van der Waals surface area (Å²) in [5.41, 5.74) is 1.09. The maximum Gasteiger partial charge on any atom is 0.407 e. The van der Waals surface area contributed by atoms with Crippen molar-refractivity contribution >= 4 is 17.7 Å². The van der Waals surface area contributed by atoms with Crippen LogP contribution in [0.2, 0.25) is 5.15 Å². The summed E-state index contributed by atoms with van der Waals surface area (Å²) >= 11 is 5.81. The number of halogens is 1. The zero-order valence-electron chi connectivity index (χ0n) is 11.1. The Kier molecular flexibility index (Phi) is 3.92. The number of rotatable bonds is 4. The Balaban J connectivity index is 1.62. The van der Waals surface area contributed by atoms with Crippen LogP contribution in [0.5, 0.6) is 11.6 Å². The third kappa shape index (κ3) is 3.64. The summed E-state index contributed by atoms with van der Waals surface area (Å²) < 4.78 is 10.5. The normalized spacial score (nSPS) is 17.2. The van der Waals surface area contributed by atoms with Crippen LogP contribution in [0.4, 0.5) is 4.79 Å². The molecular formula is C15H13ClN2O3. The first kappa shape index (κ1) is 13.7. The van der Waals surface area contributed by atoms with Gasteiger partial charge in [0.25, 0.3) is 0 Å². The second-order valence-corrected chi connectivity index (χ2v) is 5.08. The number of hydrogen-bond acceptors (Lipinski definition) is 4. The molecule has 6 heteroatoms. The lowest BCUT2D eigenvalue weighted by Gasteiger charge is -2.09. The number of nitrogens with one attached hydrogen (secondary N) is 1. The minimum absolute atomic E-state index is 0.0267. The number of ether oxygens (including phenoxy) is 2. The van der Waals surface area contributed by atoms with Crippen LogP contribution in [0.15, 0.2) is 42.5 Å². The van der Waals surface area contributed by atoms with E-state index >= 15 is 0 Å². The van der Waals surface area contributed by atoms with Gasteiger partial charge in [0.1, 0.15) is 17.5 Å². The van der Waals surface area contributed by atoms with Crippen LogP contribution in [0.1, 0.15) is 5.56 Å². The fourth-order valence-electron chi connectivity index (χ4n) is 2.08. The van der Waals surface area contributed by atoms with Gasteiger partial charge < -0.3 is 14.8 Å². The lowest BCUT2D eigenvalue weighted by atomic mass is 10.1. The summed E-state index contributed by atoms with van der Waals surface area (Å²) in [4.78, 5) is 15.0. The van der Waals surface area contributed by atoms with E-state index in [4.69, 9.17) is 21.1 Å². The summed E-state index contributed by atoms with van der Waals surface area (Å²) in [6.45, 7) is 0.406. The van der Waals surface area contributed by atoms with E-state index in [1.54, 1.807) is 18.2 Å². The highest BCUT2D eigenvalue weighted by Crippen LogP contribution is 2.21. The molecule has 108 valence electrons. The average molecular weight is 305 g/mol. The third-order valence-corrected chi connectivity index (χ3v) is 3.27. The van der Waals surface area contributed by atoms with Crippen molar-refractivity contribution in [2.24, 2.45) is 0 Å². The molecule has 0 spiro atoms. The molecule has 0 radical (unpaired) electrons. The maximum absolute atomic E-state index is 11.0. The number of aromatic nitrogens is 1. The third-order valence-electron chi connectivity index (χ3n) is 3.06. The van der Waals surface area contributed by atoms with Gasteiger partial charge in [-0.2, -0.15) is 0 Å². The molecule has 0 bridgehead atoms. The molecule has 5 nitrogen and oxygen atoms in total. The van der Waals surface area contributed by atoms with E-state index < -0.39 is 0 Å². The Labute approximate surface area is 126 Å². The Morgan fingerprint density at radius 1 is 1.29 bits per heavy atom. The summed E-state index contributed by atoms with van der Waals surface area (Å²) in [6.07, 6.45) is 0.369. The molecular weight excluding hydrogens is 292 g/mol. The number of hydrogen-bond donors (Lipinski definition) is 1. The van der Waals surface area contributed by atoms with E-state index in [1.807, 2.05) is 24.3 Å². The van der Waals surface area contributed by atoms with Crippen molar-refractivity contribution in [1.82, 2.24) is 10.3 Å². The van der Waals surface area contributed by atoms with Crippen LogP contribution in [0.25, 0.3) is 0 Å². The lowest BCUT2D eigenvalue weighted by Crippen LogP contribution is -2.28. The number of alkyl carbamates (subject to hydrolysis) is 1. The molecule has 1 aromatic heterocycles. The molecule has 21 heavy (non-hydrogen) atoms. The number of cyclic esters (lactones) is 1. The van der Waals surface area contributed by atoms with Gasteiger partial charge in [-0.05, 0) is 30.2 Å². The monoisotopic (exact) mass is 304 g/mol. The van der Waals surface area contributed by atoms with Crippen molar-refractivity contribution in [2.45, 2.75) is 12.5 Å². The summed E-state index contributed by atoms with van der Waals surface area (Å²) in [5, 5.41) is 3.14. The quantitative estimate of drug-likeness (QED) is 0.881. The van der Waals surface area contributed by atoms with Crippen molar-refractivity contribution in [3.63, 3.8) is 0 Å². The molecule has 1 aliphatic rings. The van der Waals surface area contributed by atoms with E-state index in [0.717, 1.165) is 12.0 Å². The van der Waals surface area contributed by atoms with Crippen LogP contribution in [0.3, 0.4) is 0 Å². The van der Waals surface area contributed by atoms with Gasteiger partial charge in [-0.25, -0.2) is 9.78 Å². The fourth-order valence-corrected chi connectivity index (χ4v) is 2.24. The maximum atomic E-state index is 11.0. The molecule has 1 amide bonds. The van der Waals surface area contributed by atoms with Crippen LogP contribution in [-0.4, -0.2) is 23.7 Å². The number of carbonyl (C=O) groups is 1. The number of amides is 1. The zero-order valence-corrected chi connectivity index (χ0v) is 11.8. The first-order chi connectivity index (χ1) is 10.2. The zero-order chi connectivity index (χ0) is 14.7. The molecule has 2 aromatic rings. The van der Waals surface area contributed by atoms with Crippen LogP contribution < -0.4 is 10.1 Å². The first-order valence-electron chi connectivity index (χ1n) is 6.52. The van der Waals surface area contributed by atoms with E-state index in [1.165, 1.54) is 0 Å². The molecule has 0 saturated carbocycles. The first-order valence-corrected chi connectivity index (χ1v) is 6.89. The average Bonchev–Trinajstić information content (AvgIpc) is 2.86. The van der Waals surface area contributed by atoms with Crippen LogP contribution in [-0.2, 0) is 11.2 Å². The van der Waals surface area contributed by atoms with E-state index in [0.29, 0.717) is 23.4 Å². The van der Waals surface area contributed by atoms with Gasteiger partial charge in [-0.15, -0.1) is 0 Å². The molecule has 1 aromatic carbocycles. The number of nitrogens with zero attached hydrogens (tertiary/aromatic N) is 1. The van der Waals surface area contributed by atoms with Gasteiger partial charge in [0.2, 0.25) is 5.88 Å². The van der Waals surface area contributed by atoms with E-state index in [-0.39, 0.29) is 12.1 Å². The second-order valence-electron chi connectivity index (χ2n) is 4.69. The number of pyridine rings is 1. The number of benzene rings is 1. The van der Waals surface area contributed by atoms with E-state index in [2.05, 4.69) is 10.3 Å². The van der Waals surface area contributed by atoms with Gasteiger partial charge in [-0.1, -0.05) is 29.8 Å². The van der Waals surface area contributed by atoms with Crippen molar-refractivity contribution in [1.29, 1.82) is 0 Å². The van der Waals surface area contributed by atoms with Gasteiger partial charge in [0.15, 0.2) is 0 Å². The summed E-state index contributed by atoms with van der Waals surface area (Å²) in [6, 6.07) is 12.8. The largest absolute Gasteiger partial charge is 0.447 e. The van der Waals surface area contributed by atoms with Crippen LogP contribution >= 0.6 is 11.6 Å². The Bertz CT molecular complexity index is 646. The number of carbonyl (C=O) groups excluding carboxylic acids is 1. The van der Waals surface area contributed by atoms with Gasteiger partial charge >= 0.3 is 6.09 Å². The SMILES string of the molecule is O=C1NC(Cc2ccc(Oc3cccc(Cl)n3)cc2)CO1. The summed E-state index contributed by atoms with van der Waals surface area (Å²) in [5.74, 6) is 1.13. The van der Waals surface area contributed by atoms with Crippen molar-refractivity contribution in [2.75, 3.05) is 6.61 Å². The second kappa shape index (κ2) is 6.01. The molecule has 1 aliphatic heterocycles. The van der Waals surface area contributed by atoms with Gasteiger partial charge in [-0.3, -0.25) is 0 Å². The smallest absolute Gasteiger partial charge is 0.407 e. The Hall–Kier alpha value is -2.27. The Morgan fingerprint density at radius 3 is 2.76 bits per heavy atom. The molecule has 1 atom stereocenters.